The predicted molar refractivity (Wildman–Crippen MR) is 137 cm³/mol. The summed E-state index contributed by atoms with van der Waals surface area (Å²) < 4.78 is 24.9. The third-order valence-corrected chi connectivity index (χ3v) is 6.70. The summed E-state index contributed by atoms with van der Waals surface area (Å²) in [4.78, 5) is 14.0. The van der Waals surface area contributed by atoms with E-state index in [4.69, 9.17) is 21.1 Å². The number of benzene rings is 2. The van der Waals surface area contributed by atoms with E-state index in [0.29, 0.717) is 23.7 Å². The lowest BCUT2D eigenvalue weighted by Gasteiger charge is -2.28. The van der Waals surface area contributed by atoms with E-state index in [0.717, 1.165) is 42.5 Å². The second-order valence-electron chi connectivity index (χ2n) is 9.04. The van der Waals surface area contributed by atoms with E-state index in [1.165, 1.54) is 6.08 Å². The van der Waals surface area contributed by atoms with Crippen LogP contribution in [0.1, 0.15) is 55.0 Å². The van der Waals surface area contributed by atoms with Gasteiger partial charge in [-0.15, -0.1) is 0 Å². The number of carbonyl (C=O) groups is 1. The maximum atomic E-state index is 13.9. The first kappa shape index (κ1) is 27.3. The molecule has 1 N–H and O–H groups in total. The van der Waals surface area contributed by atoms with Crippen LogP contribution >= 0.6 is 11.6 Å². The second kappa shape index (κ2) is 13.2. The number of esters is 1. The van der Waals surface area contributed by atoms with Crippen LogP contribution in [0.3, 0.4) is 0 Å². The summed E-state index contributed by atoms with van der Waals surface area (Å²) >= 11 is 6.44. The van der Waals surface area contributed by atoms with Gasteiger partial charge in [-0.3, -0.25) is 4.90 Å². The minimum atomic E-state index is -0.672. The number of ether oxygens (including phenoxy) is 2. The molecule has 1 unspecified atom stereocenters. The van der Waals surface area contributed by atoms with Crippen molar-refractivity contribution in [2.75, 3.05) is 26.3 Å². The molecule has 1 aliphatic rings. The molecule has 190 valence electrons. The highest BCUT2D eigenvalue weighted by atomic mass is 35.5. The summed E-state index contributed by atoms with van der Waals surface area (Å²) in [6.07, 6.45) is 4.82. The Hall–Kier alpha value is -2.25. The number of carbonyl (C=O) groups excluding carboxylic acids is 1. The molecule has 0 spiro atoms. The van der Waals surface area contributed by atoms with Gasteiger partial charge in [0, 0.05) is 29.2 Å². The van der Waals surface area contributed by atoms with Crippen LogP contribution in [0.5, 0.6) is 0 Å². The number of likely N-dealkylation sites (tertiary alicyclic amines) is 1. The van der Waals surface area contributed by atoms with Gasteiger partial charge in [0.25, 0.3) is 0 Å². The summed E-state index contributed by atoms with van der Waals surface area (Å²) in [6.45, 7) is 7.24. The summed E-state index contributed by atoms with van der Waals surface area (Å²) in [6, 6.07) is 11.1. The van der Waals surface area contributed by atoms with Crippen LogP contribution in [0.15, 0.2) is 42.5 Å². The molecule has 7 heteroatoms. The number of halogens is 2. The molecule has 0 saturated carbocycles. The molecule has 0 bridgehead atoms. The van der Waals surface area contributed by atoms with Gasteiger partial charge in [-0.2, -0.15) is 0 Å². The van der Waals surface area contributed by atoms with E-state index in [-0.39, 0.29) is 24.6 Å². The van der Waals surface area contributed by atoms with Crippen LogP contribution < -0.4 is 0 Å². The van der Waals surface area contributed by atoms with Gasteiger partial charge in [-0.25, -0.2) is 9.18 Å². The number of hydrogen-bond acceptors (Lipinski definition) is 5. The maximum absolute atomic E-state index is 13.9. The number of aliphatic hydroxyl groups is 1. The third kappa shape index (κ3) is 7.87. The SMILES string of the molecule is CCOC(=O)/C=C/c1cccc(Cl)c1C(C)OC[C@H](O)CN1CCC[C@H]1Cc1ccc(C)c(F)c1. The van der Waals surface area contributed by atoms with E-state index in [1.807, 2.05) is 31.2 Å². The molecule has 0 amide bonds. The van der Waals surface area contributed by atoms with Crippen molar-refractivity contribution in [1.29, 1.82) is 0 Å². The first-order valence-corrected chi connectivity index (χ1v) is 12.6. The highest BCUT2D eigenvalue weighted by molar-refractivity contribution is 6.31. The highest BCUT2D eigenvalue weighted by Gasteiger charge is 2.27. The van der Waals surface area contributed by atoms with E-state index in [2.05, 4.69) is 4.90 Å². The second-order valence-corrected chi connectivity index (χ2v) is 9.44. The Labute approximate surface area is 212 Å². The minimum absolute atomic E-state index is 0.149. The Morgan fingerprint density at radius 1 is 1.34 bits per heavy atom. The first-order valence-electron chi connectivity index (χ1n) is 12.2. The predicted octanol–water partition coefficient (Wildman–Crippen LogP) is 5.51. The lowest BCUT2D eigenvalue weighted by Crippen LogP contribution is -2.39. The molecular formula is C28H35ClFNO4. The first-order chi connectivity index (χ1) is 16.8. The molecule has 0 aliphatic carbocycles. The molecular weight excluding hydrogens is 469 g/mol. The lowest BCUT2D eigenvalue weighted by atomic mass is 10.0. The standard InChI is InChI=1S/C28H35ClFNO4/c1-4-34-27(33)13-12-22-7-5-9-25(29)28(22)20(3)35-18-24(32)17-31-14-6-8-23(31)15-21-11-10-19(2)26(30)16-21/h5,7,9-13,16,20,23-24,32H,4,6,8,14-15,17-18H2,1-3H3/b13-12+/t20?,23-,24+/m0/s1. The number of hydrogen-bond donors (Lipinski definition) is 1. The van der Waals surface area contributed by atoms with Crippen LogP contribution in [0.4, 0.5) is 4.39 Å². The summed E-state index contributed by atoms with van der Waals surface area (Å²) in [5, 5.41) is 11.2. The normalized spacial score (nSPS) is 18.2. The van der Waals surface area contributed by atoms with Gasteiger partial charge < -0.3 is 14.6 Å². The zero-order valence-electron chi connectivity index (χ0n) is 20.7. The van der Waals surface area contributed by atoms with Crippen LogP contribution in [-0.4, -0.2) is 54.4 Å². The number of rotatable bonds is 11. The summed E-state index contributed by atoms with van der Waals surface area (Å²) in [5.74, 6) is -0.596. The van der Waals surface area contributed by atoms with Crippen molar-refractivity contribution in [3.05, 3.63) is 75.6 Å². The van der Waals surface area contributed by atoms with Crippen molar-refractivity contribution in [2.45, 2.75) is 58.3 Å². The quantitative estimate of drug-likeness (QED) is 0.323. The molecule has 1 saturated heterocycles. The number of aryl methyl sites for hydroxylation is 1. The Bertz CT molecular complexity index is 1030. The monoisotopic (exact) mass is 503 g/mol. The number of β-amino-alcohol motifs (C(OH)–C–C–N with tert-alkyl or cyclic N) is 1. The molecule has 1 fully saturated rings. The Balaban J connectivity index is 1.57. The maximum Gasteiger partial charge on any atom is 0.330 e. The van der Waals surface area contributed by atoms with Crippen LogP contribution in [0, 0.1) is 12.7 Å². The largest absolute Gasteiger partial charge is 0.463 e. The molecule has 3 rings (SSSR count). The van der Waals surface area contributed by atoms with E-state index < -0.39 is 12.1 Å². The van der Waals surface area contributed by atoms with Crippen molar-refractivity contribution >= 4 is 23.6 Å². The van der Waals surface area contributed by atoms with Gasteiger partial charge in [0.15, 0.2) is 0 Å². The lowest BCUT2D eigenvalue weighted by molar-refractivity contribution is -0.137. The zero-order chi connectivity index (χ0) is 25.4. The van der Waals surface area contributed by atoms with E-state index in [1.54, 1.807) is 32.1 Å². The molecule has 1 heterocycles. The molecule has 2 aromatic carbocycles. The average molecular weight is 504 g/mol. The average Bonchev–Trinajstić information content (AvgIpc) is 3.25. The van der Waals surface area contributed by atoms with E-state index >= 15 is 0 Å². The summed E-state index contributed by atoms with van der Waals surface area (Å²) in [7, 11) is 0. The van der Waals surface area contributed by atoms with Crippen LogP contribution in [0.2, 0.25) is 5.02 Å². The smallest absolute Gasteiger partial charge is 0.330 e. The zero-order valence-corrected chi connectivity index (χ0v) is 21.4. The molecule has 35 heavy (non-hydrogen) atoms. The van der Waals surface area contributed by atoms with Crippen molar-refractivity contribution < 1.29 is 23.8 Å². The Kier molecular flexibility index (Phi) is 10.3. The fraction of sp³-hybridized carbons (Fsp3) is 0.464. The molecule has 0 aromatic heterocycles. The van der Waals surface area contributed by atoms with Gasteiger partial charge in [0.2, 0.25) is 0 Å². The van der Waals surface area contributed by atoms with Gasteiger partial charge in [0.05, 0.1) is 25.4 Å². The van der Waals surface area contributed by atoms with Gasteiger partial charge >= 0.3 is 5.97 Å². The van der Waals surface area contributed by atoms with Gasteiger partial charge in [-0.1, -0.05) is 35.9 Å². The summed E-state index contributed by atoms with van der Waals surface area (Å²) in [5.41, 5.74) is 3.14. The van der Waals surface area contributed by atoms with Gasteiger partial charge in [-0.05, 0) is 81.5 Å². The Morgan fingerprint density at radius 3 is 2.89 bits per heavy atom. The van der Waals surface area contributed by atoms with Gasteiger partial charge in [0.1, 0.15) is 5.82 Å². The van der Waals surface area contributed by atoms with Crippen LogP contribution in [-0.2, 0) is 20.7 Å². The number of aliphatic hydroxyl groups excluding tert-OH is 1. The van der Waals surface area contributed by atoms with Crippen molar-refractivity contribution in [1.82, 2.24) is 4.90 Å². The minimum Gasteiger partial charge on any atom is -0.463 e. The number of nitrogens with zero attached hydrogens (tertiary/aromatic N) is 1. The fourth-order valence-corrected chi connectivity index (χ4v) is 4.88. The van der Waals surface area contributed by atoms with Crippen LogP contribution in [0.25, 0.3) is 6.08 Å². The van der Waals surface area contributed by atoms with Crippen molar-refractivity contribution in [3.8, 4) is 0 Å². The topological polar surface area (TPSA) is 59.0 Å². The highest BCUT2D eigenvalue weighted by Crippen LogP contribution is 2.30. The molecule has 1 aliphatic heterocycles. The molecule has 2 aromatic rings. The molecule has 3 atom stereocenters. The van der Waals surface area contributed by atoms with E-state index in [9.17, 15) is 14.3 Å². The van der Waals surface area contributed by atoms with Crippen molar-refractivity contribution in [3.63, 3.8) is 0 Å². The Morgan fingerprint density at radius 2 is 2.14 bits per heavy atom. The fourth-order valence-electron chi connectivity index (χ4n) is 4.54. The third-order valence-electron chi connectivity index (χ3n) is 6.37. The van der Waals surface area contributed by atoms with Crippen molar-refractivity contribution in [2.24, 2.45) is 0 Å². The molecule has 5 nitrogen and oxygen atoms in total. The molecule has 0 radical (unpaired) electrons.